The van der Waals surface area contributed by atoms with Gasteiger partial charge in [-0.15, -0.1) is 0 Å². The van der Waals surface area contributed by atoms with Crippen molar-refractivity contribution in [2.75, 3.05) is 0 Å². The van der Waals surface area contributed by atoms with Crippen LogP contribution >= 0.6 is 0 Å². The Morgan fingerprint density at radius 1 is 0.667 bits per heavy atom. The van der Waals surface area contributed by atoms with Gasteiger partial charge in [0.15, 0.2) is 0 Å². The smallest absolute Gasteiger partial charge is 0.0348 e. The van der Waals surface area contributed by atoms with Gasteiger partial charge < -0.3 is 0 Å². The highest BCUT2D eigenvalue weighted by Crippen LogP contribution is 2.11. The SMILES string of the molecule is [CH]=C/C=C/C=C\CCCCCCCCCCCC. The lowest BCUT2D eigenvalue weighted by atomic mass is 10.1. The number of rotatable bonds is 13. The van der Waals surface area contributed by atoms with Crippen molar-refractivity contribution in [2.24, 2.45) is 0 Å². The van der Waals surface area contributed by atoms with Crippen molar-refractivity contribution in [1.82, 2.24) is 0 Å². The van der Waals surface area contributed by atoms with Crippen molar-refractivity contribution >= 4 is 0 Å². The van der Waals surface area contributed by atoms with Gasteiger partial charge in [-0.1, -0.05) is 102 Å². The maximum absolute atomic E-state index is 5.23. The van der Waals surface area contributed by atoms with Gasteiger partial charge >= 0.3 is 0 Å². The monoisotopic (exact) mass is 247 g/mol. The van der Waals surface area contributed by atoms with Crippen LogP contribution in [0.15, 0.2) is 30.4 Å². The van der Waals surface area contributed by atoms with Crippen molar-refractivity contribution < 1.29 is 0 Å². The molecule has 0 saturated heterocycles. The zero-order chi connectivity index (χ0) is 13.3. The average molecular weight is 247 g/mol. The summed E-state index contributed by atoms with van der Waals surface area (Å²) in [4.78, 5) is 0. The van der Waals surface area contributed by atoms with Gasteiger partial charge in [-0.3, -0.25) is 0 Å². The maximum atomic E-state index is 5.23. The third-order valence-electron chi connectivity index (χ3n) is 3.19. The van der Waals surface area contributed by atoms with Crippen LogP contribution in [0.1, 0.15) is 77.6 Å². The molecule has 0 N–H and O–H groups in total. The Morgan fingerprint density at radius 3 is 1.78 bits per heavy atom. The van der Waals surface area contributed by atoms with E-state index >= 15 is 0 Å². The predicted octanol–water partition coefficient (Wildman–Crippen LogP) is 6.40. The average Bonchev–Trinajstić information content (AvgIpc) is 2.39. The van der Waals surface area contributed by atoms with Crippen molar-refractivity contribution in [3.63, 3.8) is 0 Å². The van der Waals surface area contributed by atoms with Crippen LogP contribution in [0.4, 0.5) is 0 Å². The highest BCUT2D eigenvalue weighted by Gasteiger charge is 1.91. The number of unbranched alkanes of at least 4 members (excludes halogenated alkanes) is 10. The lowest BCUT2D eigenvalue weighted by Crippen LogP contribution is -1.81. The second-order valence-electron chi connectivity index (χ2n) is 4.98. The molecule has 18 heavy (non-hydrogen) atoms. The van der Waals surface area contributed by atoms with E-state index in [0.29, 0.717) is 0 Å². The van der Waals surface area contributed by atoms with E-state index in [-0.39, 0.29) is 0 Å². The first-order chi connectivity index (χ1) is 8.91. The van der Waals surface area contributed by atoms with Gasteiger partial charge in [-0.05, 0) is 12.8 Å². The summed E-state index contributed by atoms with van der Waals surface area (Å²) in [5, 5.41) is 0. The van der Waals surface area contributed by atoms with E-state index in [1.165, 1.54) is 70.6 Å². The summed E-state index contributed by atoms with van der Waals surface area (Å²) < 4.78 is 0. The van der Waals surface area contributed by atoms with Crippen LogP contribution in [-0.2, 0) is 0 Å². The summed E-state index contributed by atoms with van der Waals surface area (Å²) in [5.41, 5.74) is 0. The van der Waals surface area contributed by atoms with E-state index in [4.69, 9.17) is 6.58 Å². The van der Waals surface area contributed by atoms with E-state index in [1.807, 2.05) is 12.2 Å². The molecule has 0 amide bonds. The standard InChI is InChI=1S/C18H31/c1-3-5-7-9-11-13-15-17-18-16-14-12-10-8-6-4-2/h1,3,5,7,9,11H,4,6,8,10,12-18H2,2H3/b3-1?,7-5+,11-9-. The molecular weight excluding hydrogens is 216 g/mol. The van der Waals surface area contributed by atoms with E-state index in [0.717, 1.165) is 0 Å². The molecule has 0 saturated carbocycles. The van der Waals surface area contributed by atoms with Crippen LogP contribution in [0.5, 0.6) is 0 Å². The number of allylic oxidation sites excluding steroid dienone is 5. The molecule has 0 heterocycles. The first-order valence-electron chi connectivity index (χ1n) is 7.78. The van der Waals surface area contributed by atoms with E-state index in [1.54, 1.807) is 6.08 Å². The molecule has 0 aliphatic rings. The minimum Gasteiger partial charge on any atom is -0.0845 e. The molecule has 0 unspecified atom stereocenters. The first-order valence-corrected chi connectivity index (χ1v) is 7.78. The third kappa shape index (κ3) is 15.2. The third-order valence-corrected chi connectivity index (χ3v) is 3.19. The van der Waals surface area contributed by atoms with Gasteiger partial charge in [0.05, 0.1) is 0 Å². The Balaban J connectivity index is 3.05. The van der Waals surface area contributed by atoms with Crippen molar-refractivity contribution in [3.8, 4) is 0 Å². The van der Waals surface area contributed by atoms with Gasteiger partial charge in [-0.2, -0.15) is 0 Å². The number of hydrogen-bond acceptors (Lipinski definition) is 0. The fourth-order valence-electron chi connectivity index (χ4n) is 2.05. The largest absolute Gasteiger partial charge is 0.0845 e. The van der Waals surface area contributed by atoms with Crippen molar-refractivity contribution in [1.29, 1.82) is 0 Å². The van der Waals surface area contributed by atoms with Crippen LogP contribution in [0.3, 0.4) is 0 Å². The Morgan fingerprint density at radius 2 is 1.22 bits per heavy atom. The van der Waals surface area contributed by atoms with Gasteiger partial charge in [0.25, 0.3) is 0 Å². The highest BCUT2D eigenvalue weighted by atomic mass is 14.0. The molecule has 0 aromatic rings. The molecule has 0 aromatic carbocycles. The predicted molar refractivity (Wildman–Crippen MR) is 83.6 cm³/mol. The molecular formula is C18H31. The quantitative estimate of drug-likeness (QED) is 0.261. The summed E-state index contributed by atoms with van der Waals surface area (Å²) in [6.07, 6.45) is 25.0. The van der Waals surface area contributed by atoms with Crippen LogP contribution in [0.2, 0.25) is 0 Å². The maximum Gasteiger partial charge on any atom is -0.0348 e. The Kier molecular flexibility index (Phi) is 15.5. The Labute approximate surface area is 115 Å². The molecule has 0 aliphatic carbocycles. The summed E-state index contributed by atoms with van der Waals surface area (Å²) in [5.74, 6) is 0. The summed E-state index contributed by atoms with van der Waals surface area (Å²) in [7, 11) is 0. The summed E-state index contributed by atoms with van der Waals surface area (Å²) in [6.45, 7) is 7.51. The molecule has 0 nitrogen and oxygen atoms in total. The lowest BCUT2D eigenvalue weighted by Gasteiger charge is -2.01. The topological polar surface area (TPSA) is 0 Å². The second kappa shape index (κ2) is 16.2. The molecule has 0 bridgehead atoms. The Bertz CT molecular complexity index is 210. The van der Waals surface area contributed by atoms with Gasteiger partial charge in [-0.25, -0.2) is 0 Å². The molecule has 0 atom stereocenters. The molecule has 103 valence electrons. The number of hydrogen-bond donors (Lipinski definition) is 0. The minimum absolute atomic E-state index is 1.20. The van der Waals surface area contributed by atoms with Gasteiger partial charge in [0, 0.05) is 0 Å². The van der Waals surface area contributed by atoms with Crippen molar-refractivity contribution in [2.45, 2.75) is 77.6 Å². The van der Waals surface area contributed by atoms with Crippen LogP contribution in [-0.4, -0.2) is 0 Å². The first kappa shape index (κ1) is 17.2. The molecule has 0 heteroatoms. The highest BCUT2D eigenvalue weighted by molar-refractivity contribution is 5.07. The fraction of sp³-hybridized carbons (Fsp3) is 0.667. The minimum atomic E-state index is 1.20. The van der Waals surface area contributed by atoms with Crippen molar-refractivity contribution in [3.05, 3.63) is 37.0 Å². The van der Waals surface area contributed by atoms with Gasteiger partial charge in [0.2, 0.25) is 0 Å². The molecule has 0 aromatic heterocycles. The summed E-state index contributed by atoms with van der Waals surface area (Å²) in [6, 6.07) is 0. The second-order valence-corrected chi connectivity index (χ2v) is 4.98. The van der Waals surface area contributed by atoms with E-state index in [2.05, 4.69) is 19.1 Å². The van der Waals surface area contributed by atoms with E-state index < -0.39 is 0 Å². The lowest BCUT2D eigenvalue weighted by molar-refractivity contribution is 0.557. The van der Waals surface area contributed by atoms with Crippen LogP contribution in [0, 0.1) is 6.58 Å². The van der Waals surface area contributed by atoms with Crippen LogP contribution < -0.4 is 0 Å². The fourth-order valence-corrected chi connectivity index (χ4v) is 2.05. The molecule has 0 rings (SSSR count). The molecule has 1 radical (unpaired) electrons. The molecule has 0 fully saturated rings. The zero-order valence-electron chi connectivity index (χ0n) is 12.2. The van der Waals surface area contributed by atoms with Gasteiger partial charge in [0.1, 0.15) is 0 Å². The zero-order valence-corrected chi connectivity index (χ0v) is 12.2. The normalized spacial score (nSPS) is 11.6. The Hall–Kier alpha value is -0.780. The van der Waals surface area contributed by atoms with E-state index in [9.17, 15) is 0 Å². The molecule has 0 aliphatic heterocycles. The summed E-state index contributed by atoms with van der Waals surface area (Å²) >= 11 is 0. The molecule has 0 spiro atoms. The van der Waals surface area contributed by atoms with Crippen LogP contribution in [0.25, 0.3) is 0 Å².